The van der Waals surface area contributed by atoms with E-state index in [0.717, 1.165) is 12.8 Å². The molecule has 1 atom stereocenters. The fraction of sp³-hybridized carbons (Fsp3) is 0.900. The third kappa shape index (κ3) is 11.4. The summed E-state index contributed by atoms with van der Waals surface area (Å²) in [6.45, 7) is 1.12. The summed E-state index contributed by atoms with van der Waals surface area (Å²) >= 11 is 0. The summed E-state index contributed by atoms with van der Waals surface area (Å²) in [4.78, 5) is 25.3. The highest BCUT2D eigenvalue weighted by Crippen LogP contribution is 1.97. The number of hydrogen-bond acceptors (Lipinski definition) is 7. The van der Waals surface area contributed by atoms with Crippen molar-refractivity contribution in [1.29, 1.82) is 0 Å². The topological polar surface area (TPSA) is 143 Å². The number of nitrogens with zero attached hydrogens (tertiary/aromatic N) is 1. The van der Waals surface area contributed by atoms with E-state index < -0.39 is 11.1 Å². The Hall–Kier alpha value is -1.45. The maximum Gasteiger partial charge on any atom is 0.294 e. The lowest BCUT2D eigenvalue weighted by atomic mass is 10.1. The highest BCUT2D eigenvalue weighted by Gasteiger charge is 2.11. The van der Waals surface area contributed by atoms with Gasteiger partial charge in [-0.15, -0.1) is 10.1 Å². The van der Waals surface area contributed by atoms with Crippen LogP contribution >= 0.6 is 0 Å². The molecule has 0 aromatic rings. The van der Waals surface area contributed by atoms with Crippen molar-refractivity contribution in [1.82, 2.24) is 5.32 Å². The zero-order valence-electron chi connectivity index (χ0n) is 10.9. The number of nitrogens with two attached hydrogens (primary N) is 2. The monoisotopic (exact) mass is 278 g/mol. The van der Waals surface area contributed by atoms with Gasteiger partial charge in [0.15, 0.2) is 0 Å². The van der Waals surface area contributed by atoms with E-state index in [0.29, 0.717) is 19.5 Å². The van der Waals surface area contributed by atoms with Crippen molar-refractivity contribution in [3.8, 4) is 0 Å². The molecule has 0 bridgehead atoms. The quantitative estimate of drug-likeness (QED) is 0.231. The number of amides is 1. The molecule has 0 aromatic heterocycles. The Labute approximate surface area is 111 Å². The summed E-state index contributed by atoms with van der Waals surface area (Å²) in [7, 11) is 0. The van der Waals surface area contributed by atoms with Gasteiger partial charge in [-0.2, -0.15) is 0 Å². The zero-order valence-corrected chi connectivity index (χ0v) is 10.9. The van der Waals surface area contributed by atoms with Crippen molar-refractivity contribution in [2.75, 3.05) is 32.9 Å². The van der Waals surface area contributed by atoms with Crippen LogP contribution in [0.3, 0.4) is 0 Å². The van der Waals surface area contributed by atoms with Crippen LogP contribution in [0.1, 0.15) is 19.3 Å². The average Bonchev–Trinajstić information content (AvgIpc) is 2.37. The van der Waals surface area contributed by atoms with Gasteiger partial charge in [-0.25, -0.2) is 0 Å². The molecule has 0 saturated carbocycles. The van der Waals surface area contributed by atoms with E-state index in [-0.39, 0.29) is 25.7 Å². The fourth-order valence-corrected chi connectivity index (χ4v) is 1.29. The summed E-state index contributed by atoms with van der Waals surface area (Å²) in [5.41, 5.74) is 11.0. The van der Waals surface area contributed by atoms with Crippen molar-refractivity contribution >= 4 is 5.91 Å². The molecule has 9 nitrogen and oxygen atoms in total. The molecule has 0 spiro atoms. The Bertz CT molecular complexity index is 264. The Morgan fingerprint density at radius 2 is 2.05 bits per heavy atom. The molecule has 0 radical (unpaired) electrons. The maximum absolute atomic E-state index is 11.5. The van der Waals surface area contributed by atoms with Crippen molar-refractivity contribution in [2.24, 2.45) is 11.5 Å². The zero-order chi connectivity index (χ0) is 14.5. The van der Waals surface area contributed by atoms with Gasteiger partial charge in [-0.05, 0) is 19.4 Å². The normalized spacial score (nSPS) is 11.9. The molecule has 5 N–H and O–H groups in total. The first-order valence-corrected chi connectivity index (χ1v) is 6.16. The number of carbonyl (C=O) groups excluding carboxylic acids is 1. The average molecular weight is 278 g/mol. The van der Waals surface area contributed by atoms with Crippen LogP contribution in [0.4, 0.5) is 0 Å². The van der Waals surface area contributed by atoms with Crippen LogP contribution in [0.25, 0.3) is 0 Å². The van der Waals surface area contributed by atoms with E-state index >= 15 is 0 Å². The lowest BCUT2D eigenvalue weighted by Gasteiger charge is -2.12. The molecule has 9 heteroatoms. The van der Waals surface area contributed by atoms with Crippen LogP contribution in [0, 0.1) is 10.1 Å². The molecule has 19 heavy (non-hydrogen) atoms. The van der Waals surface area contributed by atoms with Crippen LogP contribution < -0.4 is 16.8 Å². The predicted octanol–water partition coefficient (Wildman–Crippen LogP) is -1.22. The first-order chi connectivity index (χ1) is 9.07. The van der Waals surface area contributed by atoms with Crippen molar-refractivity contribution in [3.63, 3.8) is 0 Å². The molecule has 1 unspecified atom stereocenters. The van der Waals surface area contributed by atoms with Crippen molar-refractivity contribution < 1.29 is 19.5 Å². The van der Waals surface area contributed by atoms with E-state index in [2.05, 4.69) is 10.2 Å². The maximum atomic E-state index is 11.5. The van der Waals surface area contributed by atoms with Crippen LogP contribution in [0.2, 0.25) is 0 Å². The van der Waals surface area contributed by atoms with Gasteiger partial charge < -0.3 is 26.4 Å². The SMILES string of the molecule is NCCCCC(N)C(=O)NCCOCCO[N+](=O)[O-]. The van der Waals surface area contributed by atoms with E-state index in [4.69, 9.17) is 16.2 Å². The second-order valence-electron chi connectivity index (χ2n) is 3.85. The Morgan fingerprint density at radius 3 is 2.68 bits per heavy atom. The molecule has 0 fully saturated rings. The Morgan fingerprint density at radius 1 is 1.32 bits per heavy atom. The predicted molar refractivity (Wildman–Crippen MR) is 67.7 cm³/mol. The summed E-state index contributed by atoms with van der Waals surface area (Å²) in [5.74, 6) is -0.234. The first kappa shape index (κ1) is 17.6. The van der Waals surface area contributed by atoms with Gasteiger partial charge in [0.25, 0.3) is 5.09 Å². The molecule has 1 amide bonds. The summed E-state index contributed by atoms with van der Waals surface area (Å²) < 4.78 is 5.01. The third-order valence-electron chi connectivity index (χ3n) is 2.28. The van der Waals surface area contributed by atoms with Gasteiger partial charge in [0.1, 0.15) is 6.61 Å². The summed E-state index contributed by atoms with van der Waals surface area (Å²) in [6, 6.07) is -0.538. The van der Waals surface area contributed by atoms with Crippen LogP contribution in [-0.2, 0) is 14.4 Å². The molecule has 0 aliphatic carbocycles. The second kappa shape index (κ2) is 11.6. The van der Waals surface area contributed by atoms with E-state index in [9.17, 15) is 14.9 Å². The van der Waals surface area contributed by atoms with Gasteiger partial charge in [0.2, 0.25) is 5.91 Å². The van der Waals surface area contributed by atoms with E-state index in [1.165, 1.54) is 0 Å². The number of ether oxygens (including phenoxy) is 1. The molecule has 0 heterocycles. The van der Waals surface area contributed by atoms with Gasteiger partial charge in [0.05, 0.1) is 19.3 Å². The smallest absolute Gasteiger partial charge is 0.294 e. The fourth-order valence-electron chi connectivity index (χ4n) is 1.29. The molecular weight excluding hydrogens is 256 g/mol. The lowest BCUT2D eigenvalue weighted by molar-refractivity contribution is -0.758. The molecule has 112 valence electrons. The molecule has 0 rings (SSSR count). The molecular formula is C10H22N4O5. The lowest BCUT2D eigenvalue weighted by Crippen LogP contribution is -2.41. The van der Waals surface area contributed by atoms with E-state index in [1.54, 1.807) is 0 Å². The van der Waals surface area contributed by atoms with Crippen LogP contribution in [-0.4, -0.2) is 49.9 Å². The standard InChI is InChI=1S/C10H22N4O5/c11-4-2-1-3-9(12)10(15)13-5-6-18-7-8-19-14(16)17/h9H,1-8,11-12H2,(H,13,15). The Kier molecular flexibility index (Phi) is 10.7. The van der Waals surface area contributed by atoms with Gasteiger partial charge in [0, 0.05) is 6.54 Å². The number of hydrogen-bond donors (Lipinski definition) is 3. The molecule has 0 saturated heterocycles. The van der Waals surface area contributed by atoms with Gasteiger partial charge >= 0.3 is 0 Å². The minimum absolute atomic E-state index is 0.0966. The summed E-state index contributed by atoms with van der Waals surface area (Å²) in [6.07, 6.45) is 2.26. The van der Waals surface area contributed by atoms with Crippen LogP contribution in [0.15, 0.2) is 0 Å². The first-order valence-electron chi connectivity index (χ1n) is 6.16. The number of carbonyl (C=O) groups is 1. The second-order valence-corrected chi connectivity index (χ2v) is 3.85. The van der Waals surface area contributed by atoms with Crippen molar-refractivity contribution in [3.05, 3.63) is 10.1 Å². The minimum Gasteiger partial charge on any atom is -0.378 e. The third-order valence-corrected chi connectivity index (χ3v) is 2.28. The van der Waals surface area contributed by atoms with Gasteiger partial charge in [-0.1, -0.05) is 6.42 Å². The number of nitrogens with one attached hydrogen (secondary N) is 1. The van der Waals surface area contributed by atoms with E-state index in [1.807, 2.05) is 0 Å². The number of rotatable bonds is 12. The highest BCUT2D eigenvalue weighted by atomic mass is 17.0. The van der Waals surface area contributed by atoms with Crippen molar-refractivity contribution in [2.45, 2.75) is 25.3 Å². The highest BCUT2D eigenvalue weighted by molar-refractivity contribution is 5.81. The Balaban J connectivity index is 3.39. The summed E-state index contributed by atoms with van der Waals surface area (Å²) in [5, 5.41) is 11.5. The number of unbranched alkanes of at least 4 members (excludes halogenated alkanes) is 1. The van der Waals surface area contributed by atoms with Gasteiger partial charge in [-0.3, -0.25) is 4.79 Å². The van der Waals surface area contributed by atoms with Crippen LogP contribution in [0.5, 0.6) is 0 Å². The largest absolute Gasteiger partial charge is 0.378 e. The molecule has 0 aliphatic heterocycles. The molecule has 0 aliphatic rings. The molecule has 0 aromatic carbocycles. The minimum atomic E-state index is -0.883.